The fourth-order valence-electron chi connectivity index (χ4n) is 2.07. The molecule has 0 aromatic rings. The number of fused-ring (bicyclic) bond motifs is 1. The van der Waals surface area contributed by atoms with Crippen molar-refractivity contribution in [3.05, 3.63) is 0 Å². The van der Waals surface area contributed by atoms with Gasteiger partial charge in [-0.25, -0.2) is 0 Å². The Morgan fingerprint density at radius 2 is 2.40 bits per heavy atom. The highest BCUT2D eigenvalue weighted by Gasteiger charge is 2.59. The van der Waals surface area contributed by atoms with Gasteiger partial charge in [0.25, 0.3) is 0 Å². The van der Waals surface area contributed by atoms with Crippen molar-refractivity contribution in [2.45, 2.75) is 24.8 Å². The van der Waals surface area contributed by atoms with Crippen molar-refractivity contribution in [2.24, 2.45) is 17.6 Å². The monoisotopic (exact) mass is 141 g/mol. The molecule has 3 N–H and O–H groups in total. The molecule has 0 aromatic heterocycles. The Bertz CT molecular complexity index is 192. The Kier molecular flexibility index (Phi) is 0.944. The Morgan fingerprint density at radius 1 is 1.70 bits per heavy atom. The zero-order valence-electron chi connectivity index (χ0n) is 5.71. The highest BCUT2D eigenvalue weighted by Crippen LogP contribution is 2.56. The van der Waals surface area contributed by atoms with Gasteiger partial charge in [0.2, 0.25) is 0 Å². The Labute approximate surface area is 59.2 Å². The first kappa shape index (κ1) is 6.16. The Balaban J connectivity index is 2.21. The van der Waals surface area contributed by atoms with Crippen LogP contribution in [-0.4, -0.2) is 16.6 Å². The van der Waals surface area contributed by atoms with Gasteiger partial charge in [-0.1, -0.05) is 0 Å². The van der Waals surface area contributed by atoms with Gasteiger partial charge in [0.1, 0.15) is 5.54 Å². The van der Waals surface area contributed by atoms with Crippen molar-refractivity contribution < 1.29 is 9.90 Å². The molecule has 3 nitrogen and oxygen atoms in total. The highest BCUT2D eigenvalue weighted by atomic mass is 16.4. The van der Waals surface area contributed by atoms with Crippen LogP contribution in [0.3, 0.4) is 0 Å². The van der Waals surface area contributed by atoms with E-state index in [0.29, 0.717) is 18.3 Å². The van der Waals surface area contributed by atoms with Crippen LogP contribution in [0.4, 0.5) is 0 Å². The number of nitrogens with two attached hydrogens (primary N) is 1. The van der Waals surface area contributed by atoms with E-state index in [1.807, 2.05) is 0 Å². The average Bonchev–Trinajstić information content (AvgIpc) is 2.56. The summed E-state index contributed by atoms with van der Waals surface area (Å²) < 4.78 is 0. The highest BCUT2D eigenvalue weighted by molar-refractivity contribution is 5.80. The Hall–Kier alpha value is -0.570. The van der Waals surface area contributed by atoms with Gasteiger partial charge in [-0.3, -0.25) is 4.79 Å². The molecular formula is C7H11NO2. The number of aliphatic carboxylic acids is 1. The minimum atomic E-state index is -0.856. The third kappa shape index (κ3) is 0.560. The molecule has 0 aliphatic heterocycles. The van der Waals surface area contributed by atoms with Crippen LogP contribution in [0.2, 0.25) is 0 Å². The van der Waals surface area contributed by atoms with E-state index in [9.17, 15) is 4.79 Å². The molecule has 0 heterocycles. The summed E-state index contributed by atoms with van der Waals surface area (Å²) in [4.78, 5) is 10.6. The summed E-state index contributed by atoms with van der Waals surface area (Å²) in [5, 5.41) is 8.74. The number of rotatable bonds is 1. The third-order valence-electron chi connectivity index (χ3n) is 2.91. The molecule has 0 bridgehead atoms. The molecule has 2 fully saturated rings. The second-order valence-electron chi connectivity index (χ2n) is 3.49. The maximum atomic E-state index is 10.6. The van der Waals surface area contributed by atoms with E-state index in [4.69, 9.17) is 10.8 Å². The molecule has 0 amide bonds. The van der Waals surface area contributed by atoms with Crippen molar-refractivity contribution in [1.29, 1.82) is 0 Å². The number of hydrogen-bond acceptors (Lipinski definition) is 2. The molecule has 2 rings (SSSR count). The zero-order chi connectivity index (χ0) is 7.35. The van der Waals surface area contributed by atoms with Crippen LogP contribution in [-0.2, 0) is 4.79 Å². The molecule has 0 saturated heterocycles. The van der Waals surface area contributed by atoms with Gasteiger partial charge in [0.05, 0.1) is 0 Å². The molecule has 10 heavy (non-hydrogen) atoms. The predicted molar refractivity (Wildman–Crippen MR) is 35.4 cm³/mol. The standard InChI is InChI=1S/C7H11NO2/c8-7(6(9)10)2-1-4-3-5(4)7/h4-5H,1-3,8H2,(H,9,10)/t4-,5-,7+/m0/s1. The first-order valence-corrected chi connectivity index (χ1v) is 3.67. The van der Waals surface area contributed by atoms with Crippen molar-refractivity contribution in [1.82, 2.24) is 0 Å². The van der Waals surface area contributed by atoms with Crippen LogP contribution in [0.15, 0.2) is 0 Å². The maximum Gasteiger partial charge on any atom is 0.323 e. The summed E-state index contributed by atoms with van der Waals surface area (Å²) in [6, 6.07) is 0. The SMILES string of the molecule is N[C@]1(C(=O)O)CC[C@H]2C[C@@H]21. The average molecular weight is 141 g/mol. The van der Waals surface area contributed by atoms with Crippen LogP contribution < -0.4 is 5.73 Å². The third-order valence-corrected chi connectivity index (χ3v) is 2.91. The molecule has 2 aliphatic rings. The lowest BCUT2D eigenvalue weighted by Crippen LogP contribution is -2.48. The molecule has 3 heteroatoms. The molecule has 0 spiro atoms. The van der Waals surface area contributed by atoms with Crippen LogP contribution in [0, 0.1) is 11.8 Å². The van der Waals surface area contributed by atoms with Gasteiger partial charge in [-0.15, -0.1) is 0 Å². The summed E-state index contributed by atoms with van der Waals surface area (Å²) in [5.74, 6) is 0.128. The zero-order valence-corrected chi connectivity index (χ0v) is 5.71. The van der Waals surface area contributed by atoms with Crippen molar-refractivity contribution in [3.8, 4) is 0 Å². The van der Waals surface area contributed by atoms with E-state index < -0.39 is 11.5 Å². The van der Waals surface area contributed by atoms with Gasteiger partial charge in [0.15, 0.2) is 0 Å². The fourth-order valence-corrected chi connectivity index (χ4v) is 2.07. The summed E-state index contributed by atoms with van der Waals surface area (Å²) in [7, 11) is 0. The normalized spacial score (nSPS) is 50.5. The van der Waals surface area contributed by atoms with Crippen molar-refractivity contribution in [2.75, 3.05) is 0 Å². The van der Waals surface area contributed by atoms with E-state index in [1.54, 1.807) is 0 Å². The van der Waals surface area contributed by atoms with Gasteiger partial charge in [-0.2, -0.15) is 0 Å². The van der Waals surface area contributed by atoms with Crippen molar-refractivity contribution in [3.63, 3.8) is 0 Å². The summed E-state index contributed by atoms with van der Waals surface area (Å²) >= 11 is 0. The summed E-state index contributed by atoms with van der Waals surface area (Å²) in [6.45, 7) is 0. The number of hydrogen-bond donors (Lipinski definition) is 2. The molecule has 56 valence electrons. The quantitative estimate of drug-likeness (QED) is 0.548. The predicted octanol–water partition coefficient (Wildman–Crippen LogP) is 0.198. The largest absolute Gasteiger partial charge is 0.480 e. The molecule has 2 saturated carbocycles. The number of carbonyl (C=O) groups is 1. The van der Waals surface area contributed by atoms with Gasteiger partial charge >= 0.3 is 5.97 Å². The van der Waals surface area contributed by atoms with Crippen LogP contribution in [0.1, 0.15) is 19.3 Å². The molecule has 3 atom stereocenters. The maximum absolute atomic E-state index is 10.6. The van der Waals surface area contributed by atoms with E-state index in [2.05, 4.69) is 0 Å². The number of carboxylic acid groups (broad SMARTS) is 1. The van der Waals surface area contributed by atoms with Crippen LogP contribution in [0.25, 0.3) is 0 Å². The van der Waals surface area contributed by atoms with E-state index in [1.165, 1.54) is 0 Å². The lowest BCUT2D eigenvalue weighted by molar-refractivity contribution is -0.143. The molecule has 0 aromatic carbocycles. The Morgan fingerprint density at radius 3 is 2.60 bits per heavy atom. The van der Waals surface area contributed by atoms with E-state index >= 15 is 0 Å². The first-order chi connectivity index (χ1) is 4.64. The second-order valence-corrected chi connectivity index (χ2v) is 3.49. The molecule has 0 radical (unpaired) electrons. The number of carboxylic acids is 1. The van der Waals surface area contributed by atoms with Gasteiger partial charge in [-0.05, 0) is 31.1 Å². The summed E-state index contributed by atoms with van der Waals surface area (Å²) in [6.07, 6.45) is 2.74. The van der Waals surface area contributed by atoms with Crippen molar-refractivity contribution >= 4 is 5.97 Å². The molecule has 2 aliphatic carbocycles. The topological polar surface area (TPSA) is 63.3 Å². The minimum absolute atomic E-state index is 0.296. The molecular weight excluding hydrogens is 130 g/mol. The van der Waals surface area contributed by atoms with E-state index in [0.717, 1.165) is 12.8 Å². The minimum Gasteiger partial charge on any atom is -0.480 e. The van der Waals surface area contributed by atoms with Crippen LogP contribution >= 0.6 is 0 Å². The first-order valence-electron chi connectivity index (χ1n) is 3.67. The summed E-state index contributed by atoms with van der Waals surface area (Å²) in [5.41, 5.74) is 4.83. The lowest BCUT2D eigenvalue weighted by atomic mass is 9.95. The fraction of sp³-hybridized carbons (Fsp3) is 0.857. The smallest absolute Gasteiger partial charge is 0.323 e. The van der Waals surface area contributed by atoms with E-state index in [-0.39, 0.29) is 0 Å². The van der Waals surface area contributed by atoms with Gasteiger partial charge < -0.3 is 10.8 Å². The molecule has 0 unspecified atom stereocenters. The lowest BCUT2D eigenvalue weighted by Gasteiger charge is -2.19. The second kappa shape index (κ2) is 1.53. The van der Waals surface area contributed by atoms with Crippen LogP contribution in [0.5, 0.6) is 0 Å². The van der Waals surface area contributed by atoms with Gasteiger partial charge in [0, 0.05) is 0 Å².